The van der Waals surface area contributed by atoms with E-state index in [-0.39, 0.29) is 5.56 Å². The van der Waals surface area contributed by atoms with Crippen molar-refractivity contribution in [3.8, 4) is 0 Å². The molecule has 0 radical (unpaired) electrons. The van der Waals surface area contributed by atoms with Gasteiger partial charge in [0.2, 0.25) is 0 Å². The number of hydrogen-bond acceptors (Lipinski definition) is 4. The second-order valence-corrected chi connectivity index (χ2v) is 5.85. The number of hydrogen-bond donors (Lipinski definition) is 2. The Morgan fingerprint density at radius 1 is 1.44 bits per heavy atom. The summed E-state index contributed by atoms with van der Waals surface area (Å²) in [4.78, 5) is 19.1. The molecule has 0 aliphatic heterocycles. The minimum absolute atomic E-state index is 0.0207. The van der Waals surface area contributed by atoms with Crippen LogP contribution < -0.4 is 10.9 Å². The van der Waals surface area contributed by atoms with Gasteiger partial charge in [0.25, 0.3) is 5.56 Å². The average Bonchev–Trinajstić information content (AvgIpc) is 2.99. The smallest absolute Gasteiger partial charge is 0.268 e. The molecular weight excluding hydrogens is 246 g/mol. The third kappa shape index (κ3) is 2.47. The molecule has 2 heterocycles. The first-order valence-corrected chi connectivity index (χ1v) is 7.38. The zero-order valence-electron chi connectivity index (χ0n) is 10.2. The van der Waals surface area contributed by atoms with Gasteiger partial charge < -0.3 is 10.3 Å². The predicted octanol–water partition coefficient (Wildman–Crippen LogP) is 2.26. The van der Waals surface area contributed by atoms with Gasteiger partial charge in [0, 0.05) is 0 Å². The van der Waals surface area contributed by atoms with E-state index in [1.54, 1.807) is 0 Å². The van der Waals surface area contributed by atoms with E-state index in [1.165, 1.54) is 37.0 Å². The Morgan fingerprint density at radius 2 is 2.28 bits per heavy atom. The second kappa shape index (κ2) is 5.20. The van der Waals surface area contributed by atoms with Crippen LogP contribution in [0.4, 0.5) is 0 Å². The van der Waals surface area contributed by atoms with Crippen molar-refractivity contribution in [1.82, 2.24) is 15.3 Å². The van der Waals surface area contributed by atoms with Crippen molar-refractivity contribution in [3.05, 3.63) is 27.6 Å². The Hall–Kier alpha value is -1.20. The predicted molar refractivity (Wildman–Crippen MR) is 73.9 cm³/mol. The van der Waals surface area contributed by atoms with Crippen LogP contribution in [0.5, 0.6) is 0 Å². The topological polar surface area (TPSA) is 57.8 Å². The van der Waals surface area contributed by atoms with Crippen LogP contribution in [0.3, 0.4) is 0 Å². The molecule has 4 nitrogen and oxygen atoms in total. The molecule has 1 fully saturated rings. The van der Waals surface area contributed by atoms with Gasteiger partial charge in [-0.1, -0.05) is 12.8 Å². The highest BCUT2D eigenvalue weighted by Crippen LogP contribution is 2.23. The van der Waals surface area contributed by atoms with E-state index in [4.69, 9.17) is 0 Å². The Labute approximate surface area is 109 Å². The van der Waals surface area contributed by atoms with Crippen LogP contribution in [-0.4, -0.2) is 16.5 Å². The fourth-order valence-corrected chi connectivity index (χ4v) is 3.34. The Bertz CT molecular complexity index is 583. The maximum Gasteiger partial charge on any atom is 0.268 e. The van der Waals surface area contributed by atoms with Crippen LogP contribution in [0.1, 0.15) is 31.5 Å². The molecule has 1 aliphatic rings. The van der Waals surface area contributed by atoms with Gasteiger partial charge in [-0.25, -0.2) is 4.98 Å². The molecule has 0 spiro atoms. The van der Waals surface area contributed by atoms with Crippen LogP contribution in [0.15, 0.2) is 16.2 Å². The number of nitrogens with zero attached hydrogens (tertiary/aromatic N) is 1. The van der Waals surface area contributed by atoms with Crippen molar-refractivity contribution >= 4 is 21.6 Å². The summed E-state index contributed by atoms with van der Waals surface area (Å²) in [5, 5.41) is 5.30. The van der Waals surface area contributed by atoms with Gasteiger partial charge in [0.15, 0.2) is 0 Å². The molecule has 2 N–H and O–H groups in total. The summed E-state index contributed by atoms with van der Waals surface area (Å²) >= 11 is 1.44. The van der Waals surface area contributed by atoms with Crippen LogP contribution in [0.25, 0.3) is 10.2 Å². The number of nitrogens with one attached hydrogen (secondary N) is 2. The Morgan fingerprint density at radius 3 is 3.11 bits per heavy atom. The number of fused-ring (bicyclic) bond motifs is 1. The summed E-state index contributed by atoms with van der Waals surface area (Å²) in [5.41, 5.74) is 0.786. The molecule has 1 saturated carbocycles. The van der Waals surface area contributed by atoms with E-state index in [2.05, 4.69) is 15.3 Å². The number of thiophene rings is 1. The summed E-state index contributed by atoms with van der Waals surface area (Å²) in [5.74, 6) is 1.55. The third-order valence-corrected chi connectivity index (χ3v) is 4.47. The third-order valence-electron chi connectivity index (χ3n) is 3.56. The normalized spacial score (nSPS) is 16.7. The van der Waals surface area contributed by atoms with Crippen LogP contribution in [0, 0.1) is 5.92 Å². The Kier molecular flexibility index (Phi) is 3.43. The number of rotatable bonds is 4. The number of aromatic amines is 1. The van der Waals surface area contributed by atoms with Crippen molar-refractivity contribution in [1.29, 1.82) is 0 Å². The maximum atomic E-state index is 11.8. The summed E-state index contributed by atoms with van der Waals surface area (Å²) in [6, 6.07) is 1.90. The molecular formula is C13H17N3OS. The van der Waals surface area contributed by atoms with E-state index in [0.717, 1.165) is 28.5 Å². The van der Waals surface area contributed by atoms with Crippen molar-refractivity contribution in [2.75, 3.05) is 6.54 Å². The summed E-state index contributed by atoms with van der Waals surface area (Å²) in [6.45, 7) is 1.68. The molecule has 5 heteroatoms. The zero-order valence-corrected chi connectivity index (χ0v) is 11.1. The first kappa shape index (κ1) is 11.9. The molecule has 0 bridgehead atoms. The maximum absolute atomic E-state index is 11.8. The lowest BCUT2D eigenvalue weighted by molar-refractivity contribution is 0.484. The SMILES string of the molecule is O=c1[nH]c(CNCC2CCCC2)nc2ccsc12. The molecule has 2 aromatic rings. The fourth-order valence-electron chi connectivity index (χ4n) is 2.61. The largest absolute Gasteiger partial charge is 0.310 e. The minimum atomic E-state index is -0.0207. The highest BCUT2D eigenvalue weighted by atomic mass is 32.1. The second-order valence-electron chi connectivity index (χ2n) is 4.93. The van der Waals surface area contributed by atoms with E-state index in [9.17, 15) is 4.79 Å². The van der Waals surface area contributed by atoms with Crippen molar-refractivity contribution in [2.24, 2.45) is 5.92 Å². The molecule has 96 valence electrons. The molecule has 0 unspecified atom stereocenters. The summed E-state index contributed by atoms with van der Waals surface area (Å²) in [6.07, 6.45) is 5.39. The molecule has 0 aromatic carbocycles. The molecule has 3 rings (SSSR count). The summed E-state index contributed by atoms with van der Waals surface area (Å²) in [7, 11) is 0. The van der Waals surface area contributed by atoms with Gasteiger partial charge >= 0.3 is 0 Å². The number of aromatic nitrogens is 2. The Balaban J connectivity index is 1.65. The van der Waals surface area contributed by atoms with E-state index < -0.39 is 0 Å². The van der Waals surface area contributed by atoms with Gasteiger partial charge in [-0.15, -0.1) is 11.3 Å². The standard InChI is InChI=1S/C13H17N3OS/c17-13-12-10(5-6-18-12)15-11(16-13)8-14-7-9-3-1-2-4-9/h5-6,9,14H,1-4,7-8H2,(H,15,16,17). The lowest BCUT2D eigenvalue weighted by Crippen LogP contribution is -2.23. The quantitative estimate of drug-likeness (QED) is 0.889. The molecule has 1 aliphatic carbocycles. The lowest BCUT2D eigenvalue weighted by atomic mass is 10.1. The van der Waals surface area contributed by atoms with Crippen molar-refractivity contribution < 1.29 is 0 Å². The van der Waals surface area contributed by atoms with Gasteiger partial charge in [-0.2, -0.15) is 0 Å². The molecule has 0 saturated heterocycles. The lowest BCUT2D eigenvalue weighted by Gasteiger charge is -2.09. The van der Waals surface area contributed by atoms with E-state index >= 15 is 0 Å². The van der Waals surface area contributed by atoms with Gasteiger partial charge in [-0.3, -0.25) is 4.79 Å². The molecule has 0 amide bonds. The first-order chi connectivity index (χ1) is 8.83. The van der Waals surface area contributed by atoms with Crippen molar-refractivity contribution in [3.63, 3.8) is 0 Å². The highest BCUT2D eigenvalue weighted by molar-refractivity contribution is 7.17. The zero-order chi connectivity index (χ0) is 12.4. The van der Waals surface area contributed by atoms with Crippen LogP contribution in [-0.2, 0) is 6.54 Å². The van der Waals surface area contributed by atoms with Crippen LogP contribution >= 0.6 is 11.3 Å². The van der Waals surface area contributed by atoms with Gasteiger partial charge in [-0.05, 0) is 36.8 Å². The first-order valence-electron chi connectivity index (χ1n) is 6.50. The number of H-pyrrole nitrogens is 1. The average molecular weight is 263 g/mol. The van der Waals surface area contributed by atoms with Crippen molar-refractivity contribution in [2.45, 2.75) is 32.2 Å². The highest BCUT2D eigenvalue weighted by Gasteiger charge is 2.14. The minimum Gasteiger partial charge on any atom is -0.310 e. The fraction of sp³-hybridized carbons (Fsp3) is 0.538. The molecule has 0 atom stereocenters. The van der Waals surface area contributed by atoms with E-state index in [0.29, 0.717) is 6.54 Å². The van der Waals surface area contributed by atoms with Crippen LogP contribution in [0.2, 0.25) is 0 Å². The van der Waals surface area contributed by atoms with E-state index in [1.807, 2.05) is 11.4 Å². The summed E-state index contributed by atoms with van der Waals surface area (Å²) < 4.78 is 0.717. The molecule has 2 aromatic heterocycles. The molecule has 18 heavy (non-hydrogen) atoms. The van der Waals surface area contributed by atoms with Gasteiger partial charge in [0.05, 0.1) is 12.1 Å². The van der Waals surface area contributed by atoms with Gasteiger partial charge in [0.1, 0.15) is 10.5 Å². The monoisotopic (exact) mass is 263 g/mol.